The first kappa shape index (κ1) is 21.9. The van der Waals surface area contributed by atoms with Gasteiger partial charge in [-0.25, -0.2) is 14.6 Å². The van der Waals surface area contributed by atoms with E-state index in [2.05, 4.69) is 41.6 Å². The summed E-state index contributed by atoms with van der Waals surface area (Å²) in [5, 5.41) is 19.9. The van der Waals surface area contributed by atoms with Crippen LogP contribution in [0.15, 0.2) is 27.1 Å². The molecular formula is C13H7Br2Cl3N2O5. The number of halogens is 5. The molecule has 2 aromatic rings. The molecule has 0 unspecified atom stereocenters. The minimum Gasteiger partial charge on any atom is -0.617 e. The minimum absolute atomic E-state index is 0.0694. The first-order chi connectivity index (χ1) is 11.6. The first-order valence-corrected chi connectivity index (χ1v) is 8.72. The van der Waals surface area contributed by atoms with Gasteiger partial charge in [0.15, 0.2) is 5.69 Å². The van der Waals surface area contributed by atoms with E-state index in [0.29, 0.717) is 9.50 Å². The molecule has 0 amide bonds. The molecule has 2 heterocycles. The second-order valence-corrected chi connectivity index (χ2v) is 6.86. The molecule has 2 aromatic heterocycles. The molecule has 12 heteroatoms. The van der Waals surface area contributed by atoms with Crippen molar-refractivity contribution in [3.05, 3.63) is 59.1 Å². The zero-order chi connectivity index (χ0) is 19.3. The summed E-state index contributed by atoms with van der Waals surface area (Å²) >= 11 is 22.8. The maximum atomic E-state index is 11.1. The number of hydrogen-bond acceptors (Lipinski definition) is 5. The lowest BCUT2D eigenvalue weighted by atomic mass is 10.3. The fourth-order valence-corrected chi connectivity index (χ4v) is 2.80. The summed E-state index contributed by atoms with van der Waals surface area (Å²) in [7, 11) is 1.26. The van der Waals surface area contributed by atoms with Crippen molar-refractivity contribution in [2.45, 2.75) is 0 Å². The number of rotatable bonds is 2. The highest BCUT2D eigenvalue weighted by Gasteiger charge is 2.21. The van der Waals surface area contributed by atoms with Gasteiger partial charge in [0, 0.05) is 6.07 Å². The quantitative estimate of drug-likeness (QED) is 0.264. The zero-order valence-corrected chi connectivity index (χ0v) is 17.5. The van der Waals surface area contributed by atoms with E-state index in [4.69, 9.17) is 39.9 Å². The molecule has 0 spiro atoms. The maximum absolute atomic E-state index is 11.1. The molecule has 0 saturated heterocycles. The summed E-state index contributed by atoms with van der Waals surface area (Å²) in [5.41, 5.74) is -0.345. The Hall–Kier alpha value is -1.13. The Morgan fingerprint density at radius 2 is 1.88 bits per heavy atom. The van der Waals surface area contributed by atoms with Gasteiger partial charge in [-0.1, -0.05) is 23.2 Å². The Morgan fingerprint density at radius 3 is 2.36 bits per heavy atom. The Morgan fingerprint density at radius 1 is 1.28 bits per heavy atom. The lowest BCUT2D eigenvalue weighted by Crippen LogP contribution is -2.36. The summed E-state index contributed by atoms with van der Waals surface area (Å²) in [6.07, 6.45) is 0. The van der Waals surface area contributed by atoms with Gasteiger partial charge in [-0.15, -0.1) is 4.73 Å². The number of pyridine rings is 2. The van der Waals surface area contributed by atoms with Crippen molar-refractivity contribution in [3.8, 4) is 0 Å². The Balaban J connectivity index is 0.000000251. The van der Waals surface area contributed by atoms with Crippen LogP contribution in [-0.2, 0) is 4.74 Å². The molecule has 0 bridgehead atoms. The van der Waals surface area contributed by atoms with Gasteiger partial charge < -0.3 is 15.1 Å². The third-order valence-corrected chi connectivity index (χ3v) is 4.90. The highest BCUT2D eigenvalue weighted by molar-refractivity contribution is 9.11. The van der Waals surface area contributed by atoms with Crippen LogP contribution in [-0.4, -0.2) is 29.1 Å². The van der Waals surface area contributed by atoms with Crippen LogP contribution in [0, 0.1) is 5.21 Å². The summed E-state index contributed by atoms with van der Waals surface area (Å²) in [6.45, 7) is 0. The van der Waals surface area contributed by atoms with E-state index in [1.54, 1.807) is 0 Å². The van der Waals surface area contributed by atoms with Crippen molar-refractivity contribution in [2.24, 2.45) is 0 Å². The molecule has 0 aliphatic carbocycles. The molecule has 25 heavy (non-hydrogen) atoms. The number of hydrogen-bond donors (Lipinski definition) is 1. The number of carboxylic acids is 1. The highest BCUT2D eigenvalue weighted by Crippen LogP contribution is 2.28. The third-order valence-electron chi connectivity index (χ3n) is 2.45. The van der Waals surface area contributed by atoms with Crippen LogP contribution < -0.4 is 4.73 Å². The van der Waals surface area contributed by atoms with Gasteiger partial charge in [-0.3, -0.25) is 0 Å². The topological polar surface area (TPSA) is 103 Å². The molecule has 0 fully saturated rings. The van der Waals surface area contributed by atoms with Crippen molar-refractivity contribution < 1.29 is 24.2 Å². The lowest BCUT2D eigenvalue weighted by Gasteiger charge is -2.03. The van der Waals surface area contributed by atoms with E-state index >= 15 is 0 Å². The van der Waals surface area contributed by atoms with E-state index < -0.39 is 17.6 Å². The molecule has 0 saturated carbocycles. The number of nitrogens with zero attached hydrogens (tertiary/aromatic N) is 2. The minimum atomic E-state index is -1.32. The second-order valence-electron chi connectivity index (χ2n) is 4.03. The molecule has 0 aromatic carbocycles. The standard InChI is InChI=1S/C7H4BrCl2NO2.C6H3BrClNO3/c1-13-7(12)6-5(8)3(9)2-4(10)11-6;7-3-1-2-4(8)9(12)5(3)6(10)11/h2H,1H3;1-2H,(H,10,11). The smallest absolute Gasteiger partial charge is 0.403 e. The van der Waals surface area contributed by atoms with Gasteiger partial charge in [0.1, 0.15) is 5.15 Å². The summed E-state index contributed by atoms with van der Waals surface area (Å²) < 4.78 is 5.21. The number of methoxy groups -OCH3 is 1. The Labute approximate surface area is 173 Å². The van der Waals surface area contributed by atoms with Gasteiger partial charge in [-0.2, -0.15) is 0 Å². The fourth-order valence-electron chi connectivity index (χ4n) is 1.38. The van der Waals surface area contributed by atoms with Crippen molar-refractivity contribution in [1.29, 1.82) is 0 Å². The number of ether oxygens (including phenoxy) is 1. The predicted octanol–water partition coefficient (Wildman–Crippen LogP) is 4.37. The summed E-state index contributed by atoms with van der Waals surface area (Å²) in [4.78, 5) is 25.4. The number of carbonyl (C=O) groups excluding carboxylic acids is 1. The van der Waals surface area contributed by atoms with E-state index in [1.165, 1.54) is 25.3 Å². The normalized spacial score (nSPS) is 9.84. The van der Waals surface area contributed by atoms with Gasteiger partial charge >= 0.3 is 17.6 Å². The van der Waals surface area contributed by atoms with Crippen LogP contribution in [0.25, 0.3) is 0 Å². The molecule has 134 valence electrons. The number of esters is 1. The van der Waals surface area contributed by atoms with E-state index in [1.807, 2.05) is 0 Å². The van der Waals surface area contributed by atoms with Crippen molar-refractivity contribution >= 4 is 78.6 Å². The molecule has 0 aliphatic rings. The summed E-state index contributed by atoms with van der Waals surface area (Å²) in [6, 6.07) is 4.14. The van der Waals surface area contributed by atoms with E-state index in [0.717, 1.165) is 0 Å². The van der Waals surface area contributed by atoms with Gasteiger partial charge in [-0.05, 0) is 55.6 Å². The van der Waals surface area contributed by atoms with Gasteiger partial charge in [0.25, 0.3) is 5.15 Å². The SMILES string of the molecule is COC(=O)c1nc(Cl)cc(Cl)c1Br.O=C(O)c1c(Br)ccc(Cl)[n+]1[O-]. The third kappa shape index (κ3) is 5.68. The van der Waals surface area contributed by atoms with Crippen LogP contribution in [0.3, 0.4) is 0 Å². The summed E-state index contributed by atoms with van der Waals surface area (Å²) in [5.74, 6) is -1.91. The molecule has 0 radical (unpaired) electrons. The molecule has 2 rings (SSSR count). The van der Waals surface area contributed by atoms with Crippen molar-refractivity contribution in [2.75, 3.05) is 7.11 Å². The molecule has 7 nitrogen and oxygen atoms in total. The van der Waals surface area contributed by atoms with Crippen LogP contribution >= 0.6 is 66.7 Å². The fraction of sp³-hybridized carbons (Fsp3) is 0.0769. The molecule has 0 aliphatic heterocycles. The lowest BCUT2D eigenvalue weighted by molar-refractivity contribution is -0.606. The van der Waals surface area contributed by atoms with Gasteiger partial charge in [0.2, 0.25) is 0 Å². The largest absolute Gasteiger partial charge is 0.617 e. The van der Waals surface area contributed by atoms with E-state index in [9.17, 15) is 14.8 Å². The zero-order valence-electron chi connectivity index (χ0n) is 12.1. The number of carboxylic acid groups (broad SMARTS) is 1. The maximum Gasteiger partial charge on any atom is 0.403 e. The van der Waals surface area contributed by atoms with Gasteiger partial charge in [0.05, 0.1) is 21.1 Å². The average molecular weight is 537 g/mol. The van der Waals surface area contributed by atoms with Crippen molar-refractivity contribution in [1.82, 2.24) is 4.98 Å². The Kier molecular flexibility index (Phi) is 8.36. The van der Waals surface area contributed by atoms with Crippen LogP contribution in [0.5, 0.6) is 0 Å². The average Bonchev–Trinajstić information content (AvgIpc) is 2.54. The van der Waals surface area contributed by atoms with Crippen LogP contribution in [0.2, 0.25) is 15.3 Å². The first-order valence-electron chi connectivity index (χ1n) is 6.00. The molecule has 1 N–H and O–H groups in total. The number of carbonyl (C=O) groups is 2. The number of aromatic carboxylic acids is 1. The molecular weight excluding hydrogens is 530 g/mol. The second kappa shape index (κ2) is 9.54. The van der Waals surface area contributed by atoms with Crippen LogP contribution in [0.4, 0.5) is 0 Å². The molecule has 0 atom stereocenters. The Bertz CT molecular complexity index is 836. The van der Waals surface area contributed by atoms with Crippen LogP contribution in [0.1, 0.15) is 21.0 Å². The van der Waals surface area contributed by atoms with E-state index in [-0.39, 0.29) is 25.2 Å². The van der Waals surface area contributed by atoms with Crippen molar-refractivity contribution in [3.63, 3.8) is 0 Å². The monoisotopic (exact) mass is 534 g/mol. The number of aromatic nitrogens is 2. The predicted molar refractivity (Wildman–Crippen MR) is 98.4 cm³/mol. The highest BCUT2D eigenvalue weighted by atomic mass is 79.9.